The van der Waals surface area contributed by atoms with Crippen molar-refractivity contribution in [3.05, 3.63) is 10.7 Å². The van der Waals surface area contributed by atoms with E-state index in [2.05, 4.69) is 31.4 Å². The molecule has 1 amide bonds. The molecule has 14 heavy (non-hydrogen) atoms. The largest absolute Gasteiger partial charge is 0.310 e. The molecule has 2 heterocycles. The van der Waals surface area contributed by atoms with E-state index in [0.29, 0.717) is 5.82 Å². The van der Waals surface area contributed by atoms with Crippen molar-refractivity contribution in [2.75, 3.05) is 16.8 Å². The maximum absolute atomic E-state index is 11.7. The fraction of sp³-hybridized carbons (Fsp3) is 0.500. The Balaban J connectivity index is 1.97. The van der Waals surface area contributed by atoms with Crippen LogP contribution < -0.4 is 5.32 Å². The Hall–Kier alpha value is -0.490. The van der Waals surface area contributed by atoms with Crippen molar-refractivity contribution in [1.29, 1.82) is 0 Å². The number of rotatable bonds is 2. The predicted molar refractivity (Wildman–Crippen MR) is 60.3 cm³/mol. The Morgan fingerprint density at radius 3 is 3.21 bits per heavy atom. The second-order valence-corrected chi connectivity index (χ2v) is 5.15. The molecule has 1 aliphatic rings. The van der Waals surface area contributed by atoms with Gasteiger partial charge in [-0.15, -0.1) is 0 Å². The fourth-order valence-electron chi connectivity index (χ4n) is 1.33. The van der Waals surface area contributed by atoms with Crippen LogP contribution in [0.3, 0.4) is 0 Å². The molecule has 0 aromatic carbocycles. The maximum Gasteiger partial charge on any atom is 0.229 e. The molecule has 0 spiro atoms. The van der Waals surface area contributed by atoms with Crippen LogP contribution in [0.1, 0.15) is 6.42 Å². The van der Waals surface area contributed by atoms with Gasteiger partial charge in [0.1, 0.15) is 5.82 Å². The number of nitrogens with zero attached hydrogens (tertiary/aromatic N) is 1. The summed E-state index contributed by atoms with van der Waals surface area (Å²) < 4.78 is 0.788. The van der Waals surface area contributed by atoms with Gasteiger partial charge in [-0.05, 0) is 28.1 Å². The van der Waals surface area contributed by atoms with Crippen LogP contribution in [0.5, 0.6) is 0 Å². The lowest BCUT2D eigenvalue weighted by Gasteiger charge is -2.07. The summed E-state index contributed by atoms with van der Waals surface area (Å²) in [5.41, 5.74) is 0. The maximum atomic E-state index is 11.7. The number of carbonyl (C=O) groups is 1. The summed E-state index contributed by atoms with van der Waals surface area (Å²) in [5, 5.41) is 9.35. The summed E-state index contributed by atoms with van der Waals surface area (Å²) in [5.74, 6) is 2.89. The van der Waals surface area contributed by atoms with Gasteiger partial charge in [0.15, 0.2) is 0 Å². The summed E-state index contributed by atoms with van der Waals surface area (Å²) in [6.07, 6.45) is 2.60. The van der Waals surface area contributed by atoms with Crippen molar-refractivity contribution in [3.8, 4) is 0 Å². The molecule has 1 aliphatic heterocycles. The van der Waals surface area contributed by atoms with Crippen molar-refractivity contribution in [2.24, 2.45) is 5.92 Å². The van der Waals surface area contributed by atoms with Crippen LogP contribution in [0.2, 0.25) is 0 Å². The summed E-state index contributed by atoms with van der Waals surface area (Å²) in [7, 11) is 0. The van der Waals surface area contributed by atoms with Gasteiger partial charge in [0, 0.05) is 11.7 Å². The number of halogens is 1. The fourth-order valence-corrected chi connectivity index (χ4v) is 2.84. The summed E-state index contributed by atoms with van der Waals surface area (Å²) in [6.45, 7) is 0. The molecule has 2 rings (SSSR count). The Bertz CT molecular complexity index is 335. The highest BCUT2D eigenvalue weighted by molar-refractivity contribution is 9.10. The SMILES string of the molecule is O=C(Nc1[nH]ncc1Br)C1CCSC1. The molecule has 1 aromatic rings. The van der Waals surface area contributed by atoms with E-state index in [4.69, 9.17) is 0 Å². The minimum atomic E-state index is 0.0833. The average Bonchev–Trinajstić information content (AvgIpc) is 2.77. The lowest BCUT2D eigenvalue weighted by atomic mass is 10.1. The van der Waals surface area contributed by atoms with Crippen molar-refractivity contribution >= 4 is 39.4 Å². The quantitative estimate of drug-likeness (QED) is 0.867. The van der Waals surface area contributed by atoms with E-state index in [9.17, 15) is 4.79 Å². The average molecular weight is 276 g/mol. The lowest BCUT2D eigenvalue weighted by molar-refractivity contribution is -0.119. The Morgan fingerprint density at radius 1 is 1.79 bits per heavy atom. The summed E-state index contributed by atoms with van der Waals surface area (Å²) >= 11 is 5.12. The molecule has 0 bridgehead atoms. The van der Waals surface area contributed by atoms with Gasteiger partial charge in [-0.3, -0.25) is 9.89 Å². The third kappa shape index (κ3) is 2.12. The van der Waals surface area contributed by atoms with Gasteiger partial charge in [0.25, 0.3) is 0 Å². The zero-order chi connectivity index (χ0) is 9.97. The van der Waals surface area contributed by atoms with Crippen molar-refractivity contribution in [3.63, 3.8) is 0 Å². The van der Waals surface area contributed by atoms with E-state index < -0.39 is 0 Å². The number of aromatic nitrogens is 2. The van der Waals surface area contributed by atoms with Gasteiger partial charge >= 0.3 is 0 Å². The highest BCUT2D eigenvalue weighted by Gasteiger charge is 2.23. The second-order valence-electron chi connectivity index (χ2n) is 3.14. The first-order valence-corrected chi connectivity index (χ1v) is 6.29. The minimum absolute atomic E-state index is 0.0833. The third-order valence-electron chi connectivity index (χ3n) is 2.14. The lowest BCUT2D eigenvalue weighted by Crippen LogP contribution is -2.22. The number of amides is 1. The zero-order valence-electron chi connectivity index (χ0n) is 7.42. The first-order chi connectivity index (χ1) is 6.77. The van der Waals surface area contributed by atoms with Crippen molar-refractivity contribution < 1.29 is 4.79 Å². The van der Waals surface area contributed by atoms with Gasteiger partial charge in [-0.1, -0.05) is 0 Å². The number of anilines is 1. The smallest absolute Gasteiger partial charge is 0.229 e. The second kappa shape index (κ2) is 4.35. The van der Waals surface area contributed by atoms with E-state index in [1.807, 2.05) is 11.8 Å². The molecule has 1 aromatic heterocycles. The molecule has 1 fully saturated rings. The van der Waals surface area contributed by atoms with E-state index in [-0.39, 0.29) is 11.8 Å². The Morgan fingerprint density at radius 2 is 2.64 bits per heavy atom. The normalized spacial score (nSPS) is 21.1. The van der Waals surface area contributed by atoms with Crippen LogP contribution in [-0.2, 0) is 4.79 Å². The number of nitrogens with one attached hydrogen (secondary N) is 2. The van der Waals surface area contributed by atoms with Gasteiger partial charge in [-0.2, -0.15) is 16.9 Å². The minimum Gasteiger partial charge on any atom is -0.310 e. The molecule has 6 heteroatoms. The van der Waals surface area contributed by atoms with Gasteiger partial charge in [0.05, 0.1) is 10.7 Å². The molecule has 0 radical (unpaired) electrons. The topological polar surface area (TPSA) is 57.8 Å². The van der Waals surface area contributed by atoms with E-state index in [1.165, 1.54) is 0 Å². The van der Waals surface area contributed by atoms with Crippen LogP contribution in [0.25, 0.3) is 0 Å². The van der Waals surface area contributed by atoms with E-state index in [0.717, 1.165) is 22.4 Å². The number of hydrogen-bond donors (Lipinski definition) is 2. The number of aromatic amines is 1. The molecule has 76 valence electrons. The molecule has 1 unspecified atom stereocenters. The standard InChI is InChI=1S/C8H10BrN3OS/c9-6-3-10-12-7(6)11-8(13)5-1-2-14-4-5/h3,5H,1-2,4H2,(H2,10,11,12,13). The van der Waals surface area contributed by atoms with Crippen LogP contribution in [0, 0.1) is 5.92 Å². The molecule has 0 saturated carbocycles. The Labute approximate surface area is 94.3 Å². The molecule has 1 saturated heterocycles. The zero-order valence-corrected chi connectivity index (χ0v) is 9.82. The number of carbonyl (C=O) groups excluding carboxylic acids is 1. The molecule has 2 N–H and O–H groups in total. The highest BCUT2D eigenvalue weighted by atomic mass is 79.9. The summed E-state index contributed by atoms with van der Waals surface area (Å²) in [6, 6.07) is 0. The van der Waals surface area contributed by atoms with Crippen LogP contribution in [-0.4, -0.2) is 27.6 Å². The van der Waals surface area contributed by atoms with E-state index >= 15 is 0 Å². The first kappa shape index (κ1) is 10.0. The predicted octanol–water partition coefficient (Wildman–Crippen LogP) is 1.86. The third-order valence-corrected chi connectivity index (χ3v) is 3.91. The van der Waals surface area contributed by atoms with Crippen molar-refractivity contribution in [2.45, 2.75) is 6.42 Å². The van der Waals surface area contributed by atoms with Crippen LogP contribution >= 0.6 is 27.7 Å². The van der Waals surface area contributed by atoms with Crippen LogP contribution in [0.15, 0.2) is 10.7 Å². The first-order valence-electron chi connectivity index (χ1n) is 4.35. The van der Waals surface area contributed by atoms with Crippen molar-refractivity contribution in [1.82, 2.24) is 10.2 Å². The molecule has 0 aliphatic carbocycles. The summed E-state index contributed by atoms with van der Waals surface area (Å²) in [4.78, 5) is 11.7. The molecular weight excluding hydrogens is 266 g/mol. The molecular formula is C8H10BrN3OS. The number of H-pyrrole nitrogens is 1. The number of thioether (sulfide) groups is 1. The van der Waals surface area contributed by atoms with Gasteiger partial charge in [0.2, 0.25) is 5.91 Å². The van der Waals surface area contributed by atoms with Crippen LogP contribution in [0.4, 0.5) is 5.82 Å². The van der Waals surface area contributed by atoms with Gasteiger partial charge < -0.3 is 5.32 Å². The van der Waals surface area contributed by atoms with Gasteiger partial charge in [-0.25, -0.2) is 0 Å². The highest BCUT2D eigenvalue weighted by Crippen LogP contribution is 2.25. The van der Waals surface area contributed by atoms with E-state index in [1.54, 1.807) is 6.20 Å². The monoisotopic (exact) mass is 275 g/mol. The Kier molecular flexibility index (Phi) is 3.12. The molecule has 4 nitrogen and oxygen atoms in total. The number of hydrogen-bond acceptors (Lipinski definition) is 3. The molecule has 1 atom stereocenters.